The number of carboxylic acids is 1. The third-order valence-electron chi connectivity index (χ3n) is 2.88. The first-order valence-electron chi connectivity index (χ1n) is 5.60. The van der Waals surface area contributed by atoms with E-state index in [4.69, 9.17) is 9.84 Å². The van der Waals surface area contributed by atoms with E-state index in [1.54, 1.807) is 0 Å². The molecule has 10 heteroatoms. The minimum atomic E-state index is -3.77. The molecule has 19 heavy (non-hydrogen) atoms. The summed E-state index contributed by atoms with van der Waals surface area (Å²) in [6, 6.07) is 0. The number of aliphatic carboxylic acids is 1. The smallest absolute Gasteiger partial charge is 0.306 e. The number of methoxy groups -OCH3 is 1. The minimum absolute atomic E-state index is 0.0637. The van der Waals surface area contributed by atoms with Crippen molar-refractivity contribution in [2.75, 3.05) is 25.2 Å². The van der Waals surface area contributed by atoms with Crippen LogP contribution in [-0.4, -0.2) is 64.4 Å². The van der Waals surface area contributed by atoms with Crippen molar-refractivity contribution in [1.82, 2.24) is 4.72 Å². The summed E-state index contributed by atoms with van der Waals surface area (Å²) in [5, 5.41) is 7.62. The van der Waals surface area contributed by atoms with Gasteiger partial charge in [-0.15, -0.1) is 0 Å². The van der Waals surface area contributed by atoms with Gasteiger partial charge in [0, 0.05) is 13.7 Å². The molecule has 0 radical (unpaired) electrons. The minimum Gasteiger partial charge on any atom is -0.481 e. The van der Waals surface area contributed by atoms with Crippen LogP contribution in [-0.2, 0) is 29.4 Å². The van der Waals surface area contributed by atoms with Crippen LogP contribution in [0.1, 0.15) is 12.8 Å². The summed E-state index contributed by atoms with van der Waals surface area (Å²) in [7, 11) is -5.78. The van der Waals surface area contributed by atoms with Crippen molar-refractivity contribution >= 4 is 25.8 Å². The van der Waals surface area contributed by atoms with Gasteiger partial charge in [0.2, 0.25) is 10.0 Å². The number of sulfone groups is 1. The van der Waals surface area contributed by atoms with E-state index in [1.807, 2.05) is 0 Å². The maximum Gasteiger partial charge on any atom is 0.306 e. The molecule has 2 unspecified atom stereocenters. The van der Waals surface area contributed by atoms with E-state index in [0.717, 1.165) is 0 Å². The second-order valence-electron chi connectivity index (χ2n) is 4.37. The van der Waals surface area contributed by atoms with Crippen molar-refractivity contribution in [3.63, 3.8) is 0 Å². The normalized spacial score (nSPS) is 24.2. The number of carbonyl (C=O) groups is 1. The lowest BCUT2D eigenvalue weighted by Gasteiger charge is -2.16. The quantitative estimate of drug-likeness (QED) is 0.590. The van der Waals surface area contributed by atoms with E-state index in [-0.39, 0.29) is 30.9 Å². The fourth-order valence-corrected chi connectivity index (χ4v) is 5.88. The van der Waals surface area contributed by atoms with Crippen LogP contribution in [0.3, 0.4) is 0 Å². The molecule has 1 saturated heterocycles. The van der Waals surface area contributed by atoms with E-state index >= 15 is 0 Å². The van der Waals surface area contributed by atoms with Gasteiger partial charge in [-0.1, -0.05) is 0 Å². The molecule has 1 heterocycles. The van der Waals surface area contributed by atoms with E-state index in [1.165, 1.54) is 7.11 Å². The predicted molar refractivity (Wildman–Crippen MR) is 67.0 cm³/mol. The number of ether oxygens (including phenoxy) is 1. The summed E-state index contributed by atoms with van der Waals surface area (Å²) < 4.78 is 53.2. The molecule has 0 saturated carbocycles. The summed E-state index contributed by atoms with van der Waals surface area (Å²) in [4.78, 5) is 10.5. The Kier molecular flexibility index (Phi) is 5.30. The van der Waals surface area contributed by atoms with Gasteiger partial charge in [-0.2, -0.15) is 0 Å². The Morgan fingerprint density at radius 3 is 2.58 bits per heavy atom. The van der Waals surface area contributed by atoms with E-state index in [2.05, 4.69) is 4.72 Å². The van der Waals surface area contributed by atoms with Crippen molar-refractivity contribution < 1.29 is 31.5 Å². The van der Waals surface area contributed by atoms with Crippen LogP contribution in [0.2, 0.25) is 0 Å². The lowest BCUT2D eigenvalue weighted by Crippen LogP contribution is -2.40. The molecule has 0 aromatic rings. The first-order chi connectivity index (χ1) is 8.66. The number of hydrogen-bond acceptors (Lipinski definition) is 6. The molecular formula is C9H17NO7S2. The van der Waals surface area contributed by atoms with Crippen LogP contribution in [0.4, 0.5) is 0 Å². The molecule has 0 bridgehead atoms. The van der Waals surface area contributed by atoms with E-state index < -0.39 is 37.2 Å². The maximum absolute atomic E-state index is 11.8. The third-order valence-corrected chi connectivity index (χ3v) is 6.71. The summed E-state index contributed by atoms with van der Waals surface area (Å²) in [6.45, 7) is -0.193. The Bertz CT molecular complexity index is 525. The zero-order chi connectivity index (χ0) is 14.7. The van der Waals surface area contributed by atoms with Crippen molar-refractivity contribution in [2.24, 2.45) is 0 Å². The highest BCUT2D eigenvalue weighted by atomic mass is 32.2. The summed E-state index contributed by atoms with van der Waals surface area (Å²) in [6.07, 6.45) is -1.05. The standard InChI is InChI=1S/C9H17NO7S2/c1-17-7(4-9(11)12)5-10-19(15,16)8-2-3-18(13,14)6-8/h7-8,10H,2-6H2,1H3,(H,11,12). The molecule has 0 aromatic heterocycles. The van der Waals surface area contributed by atoms with Gasteiger partial charge in [-0.25, -0.2) is 21.6 Å². The first-order valence-corrected chi connectivity index (χ1v) is 8.96. The Morgan fingerprint density at radius 2 is 2.16 bits per heavy atom. The molecule has 1 fully saturated rings. The maximum atomic E-state index is 11.8. The second kappa shape index (κ2) is 6.16. The number of sulfonamides is 1. The average Bonchev–Trinajstić information content (AvgIpc) is 2.65. The lowest BCUT2D eigenvalue weighted by molar-refractivity contribution is -0.139. The third kappa shape index (κ3) is 5.05. The molecular weight excluding hydrogens is 298 g/mol. The van der Waals surface area contributed by atoms with E-state index in [9.17, 15) is 21.6 Å². The SMILES string of the molecule is COC(CNS(=O)(=O)C1CCS(=O)(=O)C1)CC(=O)O. The van der Waals surface area contributed by atoms with Crippen LogP contribution in [0.15, 0.2) is 0 Å². The molecule has 2 atom stereocenters. The van der Waals surface area contributed by atoms with Gasteiger partial charge in [0.15, 0.2) is 9.84 Å². The van der Waals surface area contributed by atoms with E-state index in [0.29, 0.717) is 0 Å². The predicted octanol–water partition coefficient (Wildman–Crippen LogP) is -1.42. The zero-order valence-corrected chi connectivity index (χ0v) is 12.0. The van der Waals surface area contributed by atoms with Crippen LogP contribution in [0, 0.1) is 0 Å². The highest BCUT2D eigenvalue weighted by Gasteiger charge is 2.37. The zero-order valence-electron chi connectivity index (χ0n) is 10.4. The van der Waals surface area contributed by atoms with Gasteiger partial charge in [0.1, 0.15) is 0 Å². The van der Waals surface area contributed by atoms with Crippen LogP contribution >= 0.6 is 0 Å². The molecule has 8 nitrogen and oxygen atoms in total. The van der Waals surface area contributed by atoms with Crippen molar-refractivity contribution in [3.05, 3.63) is 0 Å². The molecule has 1 aliphatic rings. The van der Waals surface area contributed by atoms with Crippen molar-refractivity contribution in [1.29, 1.82) is 0 Å². The van der Waals surface area contributed by atoms with Gasteiger partial charge in [0.05, 0.1) is 29.3 Å². The summed E-state index contributed by atoms with van der Waals surface area (Å²) >= 11 is 0. The number of hydrogen-bond donors (Lipinski definition) is 2. The molecule has 0 spiro atoms. The fraction of sp³-hybridized carbons (Fsp3) is 0.889. The summed E-state index contributed by atoms with van der Waals surface area (Å²) in [5.41, 5.74) is 0. The Hall–Kier alpha value is -0.710. The first kappa shape index (κ1) is 16.3. The topological polar surface area (TPSA) is 127 Å². The largest absolute Gasteiger partial charge is 0.481 e. The van der Waals surface area contributed by atoms with Gasteiger partial charge < -0.3 is 9.84 Å². The Labute approximate surface area is 112 Å². The molecule has 0 aliphatic carbocycles. The molecule has 2 N–H and O–H groups in total. The molecule has 1 aliphatic heterocycles. The van der Waals surface area contributed by atoms with Gasteiger partial charge in [-0.3, -0.25) is 4.79 Å². The van der Waals surface area contributed by atoms with Crippen molar-refractivity contribution in [3.8, 4) is 0 Å². The number of rotatable bonds is 7. The molecule has 112 valence electrons. The van der Waals surface area contributed by atoms with Gasteiger partial charge in [-0.05, 0) is 6.42 Å². The van der Waals surface area contributed by atoms with Gasteiger partial charge in [0.25, 0.3) is 0 Å². The summed E-state index contributed by atoms with van der Waals surface area (Å²) in [5.74, 6) is -1.63. The monoisotopic (exact) mass is 315 g/mol. The molecule has 0 amide bonds. The Balaban J connectivity index is 2.58. The lowest BCUT2D eigenvalue weighted by atomic mass is 10.2. The number of carboxylic acid groups (broad SMARTS) is 1. The highest BCUT2D eigenvalue weighted by Crippen LogP contribution is 2.18. The van der Waals surface area contributed by atoms with Gasteiger partial charge >= 0.3 is 5.97 Å². The highest BCUT2D eigenvalue weighted by molar-refractivity contribution is 7.95. The van der Waals surface area contributed by atoms with Crippen LogP contribution in [0.25, 0.3) is 0 Å². The second-order valence-corrected chi connectivity index (χ2v) is 8.65. The molecule has 0 aromatic carbocycles. The van der Waals surface area contributed by atoms with Crippen LogP contribution < -0.4 is 4.72 Å². The number of nitrogens with one attached hydrogen (secondary N) is 1. The fourth-order valence-electron chi connectivity index (χ4n) is 1.77. The molecule has 1 rings (SSSR count). The van der Waals surface area contributed by atoms with Crippen molar-refractivity contribution in [2.45, 2.75) is 24.2 Å². The van der Waals surface area contributed by atoms with Crippen LogP contribution in [0.5, 0.6) is 0 Å². The average molecular weight is 315 g/mol. The Morgan fingerprint density at radius 1 is 1.53 bits per heavy atom.